The monoisotopic (exact) mass is 328 g/mol. The quantitative estimate of drug-likeness (QED) is 0.670. The summed E-state index contributed by atoms with van der Waals surface area (Å²) in [6.07, 6.45) is 0. The van der Waals surface area contributed by atoms with Crippen LogP contribution in [0.4, 0.5) is 8.78 Å². The van der Waals surface area contributed by atoms with Gasteiger partial charge in [-0.05, 0) is 29.6 Å². The summed E-state index contributed by atoms with van der Waals surface area (Å²) in [5.74, 6) is -2.28. The SMILES string of the molecule is O=C(CSc1cc(F)ccc1F)NNC(=O)c1cccs1. The van der Waals surface area contributed by atoms with Crippen molar-refractivity contribution in [3.63, 3.8) is 0 Å². The smallest absolute Gasteiger partial charge is 0.272 e. The molecule has 0 aliphatic carbocycles. The summed E-state index contributed by atoms with van der Waals surface area (Å²) in [5, 5.41) is 1.74. The number of nitrogens with one attached hydrogen (secondary N) is 2. The number of carbonyl (C=O) groups is 2. The van der Waals surface area contributed by atoms with Crippen molar-refractivity contribution < 1.29 is 18.4 Å². The summed E-state index contributed by atoms with van der Waals surface area (Å²) < 4.78 is 26.3. The number of carbonyl (C=O) groups excluding carboxylic acids is 2. The van der Waals surface area contributed by atoms with Crippen molar-refractivity contribution >= 4 is 34.9 Å². The highest BCUT2D eigenvalue weighted by Gasteiger charge is 2.10. The van der Waals surface area contributed by atoms with Gasteiger partial charge >= 0.3 is 0 Å². The third-order valence-corrected chi connectivity index (χ3v) is 4.21. The van der Waals surface area contributed by atoms with E-state index in [1.807, 2.05) is 0 Å². The van der Waals surface area contributed by atoms with Crippen LogP contribution in [0.25, 0.3) is 0 Å². The average molecular weight is 328 g/mol. The Hall–Kier alpha value is -1.93. The summed E-state index contributed by atoms with van der Waals surface area (Å²) in [6.45, 7) is 0. The molecule has 4 nitrogen and oxygen atoms in total. The van der Waals surface area contributed by atoms with Crippen molar-refractivity contribution in [3.05, 3.63) is 52.2 Å². The molecular formula is C13H10F2N2O2S2. The highest BCUT2D eigenvalue weighted by Crippen LogP contribution is 2.22. The molecule has 0 bridgehead atoms. The number of rotatable bonds is 4. The van der Waals surface area contributed by atoms with Gasteiger partial charge in [0.05, 0.1) is 10.6 Å². The van der Waals surface area contributed by atoms with Crippen molar-refractivity contribution in [1.29, 1.82) is 0 Å². The first-order valence-electron chi connectivity index (χ1n) is 5.77. The van der Waals surface area contributed by atoms with Gasteiger partial charge < -0.3 is 0 Å². The summed E-state index contributed by atoms with van der Waals surface area (Å²) in [5.41, 5.74) is 4.44. The maximum atomic E-state index is 13.3. The lowest BCUT2D eigenvalue weighted by molar-refractivity contribution is -0.119. The number of hydrazine groups is 1. The predicted octanol–water partition coefficient (Wildman–Crippen LogP) is 2.58. The third-order valence-electron chi connectivity index (χ3n) is 2.31. The van der Waals surface area contributed by atoms with E-state index < -0.39 is 23.4 Å². The van der Waals surface area contributed by atoms with E-state index >= 15 is 0 Å². The molecule has 2 amide bonds. The maximum absolute atomic E-state index is 13.3. The van der Waals surface area contributed by atoms with E-state index in [1.54, 1.807) is 17.5 Å². The number of hydrogen-bond donors (Lipinski definition) is 2. The van der Waals surface area contributed by atoms with Crippen LogP contribution in [0.5, 0.6) is 0 Å². The zero-order chi connectivity index (χ0) is 15.2. The van der Waals surface area contributed by atoms with E-state index in [9.17, 15) is 18.4 Å². The molecule has 21 heavy (non-hydrogen) atoms. The Morgan fingerprint density at radius 3 is 2.71 bits per heavy atom. The van der Waals surface area contributed by atoms with Crippen molar-refractivity contribution in [2.75, 3.05) is 5.75 Å². The number of thiophene rings is 1. The number of thioether (sulfide) groups is 1. The molecule has 2 N–H and O–H groups in total. The molecule has 0 aliphatic heterocycles. The molecule has 1 aromatic heterocycles. The number of halogens is 2. The number of benzene rings is 1. The first-order valence-corrected chi connectivity index (χ1v) is 7.63. The van der Waals surface area contributed by atoms with Crippen LogP contribution < -0.4 is 10.9 Å². The van der Waals surface area contributed by atoms with Crippen LogP contribution in [0.3, 0.4) is 0 Å². The molecule has 0 spiro atoms. The zero-order valence-electron chi connectivity index (χ0n) is 10.6. The van der Waals surface area contributed by atoms with Crippen LogP contribution in [0.2, 0.25) is 0 Å². The van der Waals surface area contributed by atoms with E-state index in [-0.39, 0.29) is 10.6 Å². The Morgan fingerprint density at radius 1 is 1.19 bits per heavy atom. The van der Waals surface area contributed by atoms with Gasteiger partial charge in [0, 0.05) is 4.90 Å². The van der Waals surface area contributed by atoms with Crippen LogP contribution in [0, 0.1) is 11.6 Å². The second-order valence-corrected chi connectivity index (χ2v) is 5.81. The standard InChI is InChI=1S/C13H10F2N2O2S2/c14-8-3-4-9(15)11(6-8)21-7-12(18)16-17-13(19)10-2-1-5-20-10/h1-6H,7H2,(H,16,18)(H,17,19). The summed E-state index contributed by atoms with van der Waals surface area (Å²) in [4.78, 5) is 23.6. The topological polar surface area (TPSA) is 58.2 Å². The zero-order valence-corrected chi connectivity index (χ0v) is 12.2. The van der Waals surface area contributed by atoms with E-state index in [0.29, 0.717) is 4.88 Å². The van der Waals surface area contributed by atoms with Gasteiger partial charge in [0.25, 0.3) is 5.91 Å². The first-order chi connectivity index (χ1) is 10.1. The van der Waals surface area contributed by atoms with E-state index in [2.05, 4.69) is 10.9 Å². The van der Waals surface area contributed by atoms with Gasteiger partial charge in [-0.15, -0.1) is 23.1 Å². The number of amides is 2. The van der Waals surface area contributed by atoms with Gasteiger partial charge in [0.1, 0.15) is 11.6 Å². The Kier molecular flexibility index (Phi) is 5.29. The molecule has 0 unspecified atom stereocenters. The van der Waals surface area contributed by atoms with Crippen LogP contribution in [-0.4, -0.2) is 17.6 Å². The van der Waals surface area contributed by atoms with Gasteiger partial charge in [-0.25, -0.2) is 8.78 Å². The van der Waals surface area contributed by atoms with Crippen molar-refractivity contribution in [2.24, 2.45) is 0 Å². The summed E-state index contributed by atoms with van der Waals surface area (Å²) in [7, 11) is 0. The van der Waals surface area contributed by atoms with Crippen LogP contribution in [-0.2, 0) is 4.79 Å². The van der Waals surface area contributed by atoms with E-state index in [0.717, 1.165) is 30.0 Å². The van der Waals surface area contributed by atoms with Gasteiger partial charge in [0.15, 0.2) is 0 Å². The molecule has 0 saturated carbocycles. The molecule has 110 valence electrons. The van der Waals surface area contributed by atoms with Crippen LogP contribution in [0.1, 0.15) is 9.67 Å². The Balaban J connectivity index is 1.80. The molecule has 1 aromatic carbocycles. The molecule has 1 heterocycles. The second kappa shape index (κ2) is 7.19. The number of hydrogen-bond acceptors (Lipinski definition) is 4. The largest absolute Gasteiger partial charge is 0.279 e. The van der Waals surface area contributed by atoms with Gasteiger partial charge in [0.2, 0.25) is 5.91 Å². The minimum atomic E-state index is -0.600. The van der Waals surface area contributed by atoms with E-state index in [4.69, 9.17) is 0 Å². The fourth-order valence-corrected chi connectivity index (χ4v) is 2.74. The molecule has 2 aromatic rings. The third kappa shape index (κ3) is 4.54. The van der Waals surface area contributed by atoms with Gasteiger partial charge in [-0.2, -0.15) is 0 Å². The second-order valence-electron chi connectivity index (χ2n) is 3.84. The first kappa shape index (κ1) is 15.5. The minimum absolute atomic E-state index is 0.0368. The summed E-state index contributed by atoms with van der Waals surface area (Å²) >= 11 is 2.08. The molecule has 0 aliphatic rings. The van der Waals surface area contributed by atoms with Crippen molar-refractivity contribution in [1.82, 2.24) is 10.9 Å². The molecule has 8 heteroatoms. The highest BCUT2D eigenvalue weighted by molar-refractivity contribution is 8.00. The van der Waals surface area contributed by atoms with E-state index in [1.165, 1.54) is 11.3 Å². The molecular weight excluding hydrogens is 318 g/mol. The lowest BCUT2D eigenvalue weighted by Gasteiger charge is -2.06. The molecule has 2 rings (SSSR count). The van der Waals surface area contributed by atoms with Crippen molar-refractivity contribution in [2.45, 2.75) is 4.90 Å². The molecule has 0 atom stereocenters. The van der Waals surface area contributed by atoms with Gasteiger partial charge in [-0.1, -0.05) is 6.07 Å². The Bertz CT molecular complexity index is 648. The fraction of sp³-hybridized carbons (Fsp3) is 0.0769. The maximum Gasteiger partial charge on any atom is 0.279 e. The lowest BCUT2D eigenvalue weighted by atomic mass is 10.3. The summed E-state index contributed by atoms with van der Waals surface area (Å²) in [6, 6.07) is 6.33. The average Bonchev–Trinajstić information content (AvgIpc) is 3.00. The highest BCUT2D eigenvalue weighted by atomic mass is 32.2. The van der Waals surface area contributed by atoms with Gasteiger partial charge in [-0.3, -0.25) is 20.4 Å². The predicted molar refractivity (Wildman–Crippen MR) is 77.0 cm³/mol. The Morgan fingerprint density at radius 2 is 2.00 bits per heavy atom. The minimum Gasteiger partial charge on any atom is -0.272 e. The molecule has 0 fully saturated rings. The van der Waals surface area contributed by atoms with Crippen LogP contribution >= 0.6 is 23.1 Å². The lowest BCUT2D eigenvalue weighted by Crippen LogP contribution is -2.42. The fourth-order valence-electron chi connectivity index (χ4n) is 1.36. The molecule has 0 radical (unpaired) electrons. The normalized spacial score (nSPS) is 10.2. The van der Waals surface area contributed by atoms with Crippen molar-refractivity contribution in [3.8, 4) is 0 Å². The Labute approximate surface area is 127 Å². The van der Waals surface area contributed by atoms with Crippen LogP contribution in [0.15, 0.2) is 40.6 Å². The molecule has 0 saturated heterocycles.